The molecule has 1 aliphatic heterocycles. The fourth-order valence-electron chi connectivity index (χ4n) is 2.22. The molecule has 7 heteroatoms. The molecule has 1 saturated carbocycles. The lowest BCUT2D eigenvalue weighted by Gasteiger charge is -2.28. The van der Waals surface area contributed by atoms with Crippen LogP contribution in [0.3, 0.4) is 0 Å². The molecule has 19 heavy (non-hydrogen) atoms. The van der Waals surface area contributed by atoms with E-state index in [0.29, 0.717) is 32.7 Å². The monoisotopic (exact) mass is 270 g/mol. The minimum atomic E-state index is -0.939. The van der Waals surface area contributed by atoms with Gasteiger partial charge in [-0.1, -0.05) is 0 Å². The molecule has 0 spiro atoms. The number of nitrogens with zero attached hydrogens (tertiary/aromatic N) is 2. The SMILES string of the molecule is CN(CC(=O)N1CCOCC1)C(=O)C1CC1C(=O)O. The molecule has 2 unspecified atom stereocenters. The Bertz CT molecular complexity index is 392. The lowest BCUT2D eigenvalue weighted by Crippen LogP contribution is -2.46. The van der Waals surface area contributed by atoms with Crippen LogP contribution in [0.25, 0.3) is 0 Å². The number of likely N-dealkylation sites (N-methyl/N-ethyl adjacent to an activating group) is 1. The van der Waals surface area contributed by atoms with Crippen molar-refractivity contribution in [2.24, 2.45) is 11.8 Å². The second-order valence-corrected chi connectivity index (χ2v) is 4.97. The molecule has 1 saturated heterocycles. The number of carbonyl (C=O) groups is 3. The zero-order valence-electron chi connectivity index (χ0n) is 10.9. The summed E-state index contributed by atoms with van der Waals surface area (Å²) in [5.41, 5.74) is 0. The molecule has 0 aromatic carbocycles. The Labute approximate surface area is 111 Å². The molecule has 0 radical (unpaired) electrons. The molecule has 0 aromatic heterocycles. The maximum Gasteiger partial charge on any atom is 0.307 e. The first-order valence-electron chi connectivity index (χ1n) is 6.34. The van der Waals surface area contributed by atoms with Crippen molar-refractivity contribution in [3.63, 3.8) is 0 Å². The van der Waals surface area contributed by atoms with E-state index < -0.39 is 17.8 Å². The number of hydrogen-bond donors (Lipinski definition) is 1. The van der Waals surface area contributed by atoms with E-state index in [4.69, 9.17) is 9.84 Å². The quantitative estimate of drug-likeness (QED) is 0.710. The number of ether oxygens (including phenoxy) is 1. The Morgan fingerprint density at radius 3 is 2.42 bits per heavy atom. The number of carboxylic acid groups (broad SMARTS) is 1. The van der Waals surface area contributed by atoms with Gasteiger partial charge in [0.15, 0.2) is 0 Å². The molecule has 2 amide bonds. The van der Waals surface area contributed by atoms with E-state index in [2.05, 4.69) is 0 Å². The summed E-state index contributed by atoms with van der Waals surface area (Å²) in [5, 5.41) is 8.78. The van der Waals surface area contributed by atoms with Crippen LogP contribution >= 0.6 is 0 Å². The van der Waals surface area contributed by atoms with Gasteiger partial charge in [0.2, 0.25) is 11.8 Å². The molecule has 2 rings (SSSR count). The Morgan fingerprint density at radius 1 is 1.26 bits per heavy atom. The highest BCUT2D eigenvalue weighted by molar-refractivity contribution is 5.91. The number of rotatable bonds is 4. The predicted octanol–water partition coefficient (Wildman–Crippen LogP) is -0.976. The highest BCUT2D eigenvalue weighted by Gasteiger charge is 2.49. The molecular weight excluding hydrogens is 252 g/mol. The molecule has 0 bridgehead atoms. The molecule has 1 N–H and O–H groups in total. The number of aliphatic carboxylic acids is 1. The zero-order valence-corrected chi connectivity index (χ0v) is 10.9. The normalized spacial score (nSPS) is 25.8. The van der Waals surface area contributed by atoms with Crippen LogP contribution in [0.4, 0.5) is 0 Å². The fourth-order valence-corrected chi connectivity index (χ4v) is 2.22. The number of morpholine rings is 1. The summed E-state index contributed by atoms with van der Waals surface area (Å²) in [6.45, 7) is 2.13. The van der Waals surface area contributed by atoms with Crippen molar-refractivity contribution in [3.8, 4) is 0 Å². The summed E-state index contributed by atoms with van der Waals surface area (Å²) in [6, 6.07) is 0. The van der Waals surface area contributed by atoms with Crippen molar-refractivity contribution >= 4 is 17.8 Å². The summed E-state index contributed by atoms with van der Waals surface area (Å²) in [5.74, 6) is -2.35. The third-order valence-electron chi connectivity index (χ3n) is 3.54. The summed E-state index contributed by atoms with van der Waals surface area (Å²) >= 11 is 0. The first-order chi connectivity index (χ1) is 9.00. The molecule has 0 aromatic rings. The van der Waals surface area contributed by atoms with Crippen molar-refractivity contribution in [2.75, 3.05) is 39.9 Å². The maximum atomic E-state index is 11.9. The minimum Gasteiger partial charge on any atom is -0.481 e. The molecule has 1 heterocycles. The van der Waals surface area contributed by atoms with E-state index in [1.54, 1.807) is 4.90 Å². The van der Waals surface area contributed by atoms with Crippen molar-refractivity contribution < 1.29 is 24.2 Å². The summed E-state index contributed by atoms with van der Waals surface area (Å²) in [4.78, 5) is 37.5. The summed E-state index contributed by atoms with van der Waals surface area (Å²) in [7, 11) is 1.54. The molecular formula is C12H18N2O5. The van der Waals surface area contributed by atoms with E-state index in [1.807, 2.05) is 0 Å². The molecule has 2 fully saturated rings. The molecule has 7 nitrogen and oxygen atoms in total. The topological polar surface area (TPSA) is 87.2 Å². The maximum absolute atomic E-state index is 11.9. The average Bonchev–Trinajstić information content (AvgIpc) is 3.19. The number of carboxylic acids is 1. The summed E-state index contributed by atoms with van der Waals surface area (Å²) in [6.07, 6.45) is 0.379. The zero-order chi connectivity index (χ0) is 14.0. The lowest BCUT2D eigenvalue weighted by molar-refractivity contribution is -0.144. The molecule has 106 valence electrons. The Morgan fingerprint density at radius 2 is 1.89 bits per heavy atom. The lowest BCUT2D eigenvalue weighted by atomic mass is 10.2. The largest absolute Gasteiger partial charge is 0.481 e. The predicted molar refractivity (Wildman–Crippen MR) is 64.3 cm³/mol. The molecule has 2 atom stereocenters. The first-order valence-corrected chi connectivity index (χ1v) is 6.34. The van der Waals surface area contributed by atoms with Crippen LogP contribution in [0.1, 0.15) is 6.42 Å². The van der Waals surface area contributed by atoms with Crippen LogP contribution in [0.2, 0.25) is 0 Å². The van der Waals surface area contributed by atoms with Crippen molar-refractivity contribution in [1.82, 2.24) is 9.80 Å². The highest BCUT2D eigenvalue weighted by atomic mass is 16.5. The van der Waals surface area contributed by atoms with Gasteiger partial charge in [-0.2, -0.15) is 0 Å². The van der Waals surface area contributed by atoms with Crippen LogP contribution in [0.5, 0.6) is 0 Å². The third-order valence-corrected chi connectivity index (χ3v) is 3.54. The van der Waals surface area contributed by atoms with Crippen LogP contribution in [0, 0.1) is 11.8 Å². The number of hydrogen-bond acceptors (Lipinski definition) is 4. The van der Waals surface area contributed by atoms with Crippen molar-refractivity contribution in [3.05, 3.63) is 0 Å². The molecule has 1 aliphatic carbocycles. The van der Waals surface area contributed by atoms with Gasteiger partial charge >= 0.3 is 5.97 Å². The van der Waals surface area contributed by atoms with Gasteiger partial charge in [0.1, 0.15) is 0 Å². The van der Waals surface area contributed by atoms with Crippen molar-refractivity contribution in [1.29, 1.82) is 0 Å². The second kappa shape index (κ2) is 5.56. The van der Waals surface area contributed by atoms with E-state index in [-0.39, 0.29) is 18.4 Å². The van der Waals surface area contributed by atoms with Gasteiger partial charge in [-0.3, -0.25) is 14.4 Å². The van der Waals surface area contributed by atoms with E-state index >= 15 is 0 Å². The Balaban J connectivity index is 1.80. The summed E-state index contributed by atoms with van der Waals surface area (Å²) < 4.78 is 5.15. The minimum absolute atomic E-state index is 0.00166. The van der Waals surface area contributed by atoms with Gasteiger partial charge in [0, 0.05) is 20.1 Å². The molecule has 2 aliphatic rings. The van der Waals surface area contributed by atoms with Crippen LogP contribution in [-0.2, 0) is 19.1 Å². The standard InChI is InChI=1S/C12H18N2O5/c1-13(11(16)8-6-9(8)12(17)18)7-10(15)14-2-4-19-5-3-14/h8-9H,2-7H2,1H3,(H,17,18). The van der Waals surface area contributed by atoms with Crippen LogP contribution < -0.4 is 0 Å². The van der Waals surface area contributed by atoms with Gasteiger partial charge in [0.05, 0.1) is 31.6 Å². The van der Waals surface area contributed by atoms with Gasteiger partial charge in [-0.05, 0) is 6.42 Å². The first kappa shape index (κ1) is 13.8. The van der Waals surface area contributed by atoms with Gasteiger partial charge < -0.3 is 19.6 Å². The second-order valence-electron chi connectivity index (χ2n) is 4.97. The fraction of sp³-hybridized carbons (Fsp3) is 0.750. The van der Waals surface area contributed by atoms with E-state index in [0.717, 1.165) is 0 Å². The number of carbonyl (C=O) groups excluding carboxylic acids is 2. The van der Waals surface area contributed by atoms with E-state index in [1.165, 1.54) is 11.9 Å². The smallest absolute Gasteiger partial charge is 0.307 e. The third kappa shape index (κ3) is 3.23. The van der Waals surface area contributed by atoms with Crippen LogP contribution in [-0.4, -0.2) is 72.6 Å². The van der Waals surface area contributed by atoms with Gasteiger partial charge in [0.25, 0.3) is 0 Å². The van der Waals surface area contributed by atoms with Gasteiger partial charge in [-0.25, -0.2) is 0 Å². The highest BCUT2D eigenvalue weighted by Crippen LogP contribution is 2.39. The van der Waals surface area contributed by atoms with E-state index in [9.17, 15) is 14.4 Å². The van der Waals surface area contributed by atoms with Crippen molar-refractivity contribution in [2.45, 2.75) is 6.42 Å². The Hall–Kier alpha value is -1.63. The van der Waals surface area contributed by atoms with Gasteiger partial charge in [-0.15, -0.1) is 0 Å². The number of amides is 2. The Kier molecular flexibility index (Phi) is 4.04. The van der Waals surface area contributed by atoms with Crippen LogP contribution in [0.15, 0.2) is 0 Å². The average molecular weight is 270 g/mol.